The number of likely N-dealkylation sites (tertiary alicyclic amines) is 1. The van der Waals surface area contributed by atoms with Crippen molar-refractivity contribution in [3.63, 3.8) is 0 Å². The number of ether oxygens (including phenoxy) is 1. The molecule has 0 unspecified atom stereocenters. The first-order valence-corrected chi connectivity index (χ1v) is 8.81. The Morgan fingerprint density at radius 1 is 1.17 bits per heavy atom. The van der Waals surface area contributed by atoms with Gasteiger partial charge < -0.3 is 15.0 Å². The van der Waals surface area contributed by atoms with Crippen molar-refractivity contribution in [1.82, 2.24) is 10.2 Å². The van der Waals surface area contributed by atoms with E-state index in [0.717, 1.165) is 32.1 Å². The third kappa shape index (κ3) is 2.34. The number of methoxy groups -OCH3 is 1. The minimum Gasteiger partial charge on any atom is -0.376 e. The maximum Gasteiger partial charge on any atom is 0.251 e. The van der Waals surface area contributed by atoms with E-state index in [1.807, 2.05) is 35.2 Å². The smallest absolute Gasteiger partial charge is 0.251 e. The molecule has 3 fully saturated rings. The molecule has 1 aromatic rings. The molecule has 1 aliphatic heterocycles. The number of hydrogen-bond acceptors (Lipinski definition) is 3. The van der Waals surface area contributed by atoms with Crippen LogP contribution in [0.5, 0.6) is 0 Å². The van der Waals surface area contributed by atoms with E-state index < -0.39 is 5.54 Å². The van der Waals surface area contributed by atoms with Gasteiger partial charge in [0.2, 0.25) is 5.91 Å². The lowest BCUT2D eigenvalue weighted by Crippen LogP contribution is -2.78. The molecule has 1 heterocycles. The monoisotopic (exact) mass is 328 g/mol. The molecule has 0 spiro atoms. The lowest BCUT2D eigenvalue weighted by Gasteiger charge is -2.55. The van der Waals surface area contributed by atoms with Crippen LogP contribution in [0.15, 0.2) is 30.3 Å². The zero-order chi connectivity index (χ0) is 16.8. The van der Waals surface area contributed by atoms with E-state index in [-0.39, 0.29) is 23.3 Å². The van der Waals surface area contributed by atoms with Crippen molar-refractivity contribution >= 4 is 11.8 Å². The van der Waals surface area contributed by atoms with Crippen LogP contribution in [0.4, 0.5) is 0 Å². The van der Waals surface area contributed by atoms with Crippen LogP contribution in [0.2, 0.25) is 0 Å². The Hall–Kier alpha value is -1.88. The average Bonchev–Trinajstić information content (AvgIpc) is 3.30. The fourth-order valence-electron chi connectivity index (χ4n) is 4.03. The third-order valence-electron chi connectivity index (χ3n) is 6.04. The number of nitrogens with one attached hydrogen (secondary N) is 1. The Bertz CT molecular complexity index is 644. The van der Waals surface area contributed by atoms with Gasteiger partial charge in [-0.1, -0.05) is 24.6 Å². The van der Waals surface area contributed by atoms with Gasteiger partial charge in [0.1, 0.15) is 5.54 Å². The highest BCUT2D eigenvalue weighted by atomic mass is 16.5. The van der Waals surface area contributed by atoms with Crippen LogP contribution in [0, 0.1) is 5.92 Å². The van der Waals surface area contributed by atoms with Crippen LogP contribution < -0.4 is 5.32 Å². The molecule has 0 aromatic heterocycles. The number of carbonyl (C=O) groups excluding carboxylic acids is 2. The summed E-state index contributed by atoms with van der Waals surface area (Å²) in [4.78, 5) is 27.0. The predicted molar refractivity (Wildman–Crippen MR) is 89.5 cm³/mol. The van der Waals surface area contributed by atoms with E-state index in [9.17, 15) is 9.59 Å². The number of nitrogens with zero attached hydrogens (tertiary/aromatic N) is 1. The third-order valence-corrected chi connectivity index (χ3v) is 6.04. The molecule has 2 saturated carbocycles. The second kappa shape index (κ2) is 5.59. The van der Waals surface area contributed by atoms with Gasteiger partial charge in [0.15, 0.2) is 0 Å². The predicted octanol–water partition coefficient (Wildman–Crippen LogP) is 1.98. The van der Waals surface area contributed by atoms with E-state index in [1.165, 1.54) is 0 Å². The summed E-state index contributed by atoms with van der Waals surface area (Å²) in [5.74, 6) is 0.359. The molecular formula is C19H24N2O3. The fraction of sp³-hybridized carbons (Fsp3) is 0.579. The summed E-state index contributed by atoms with van der Waals surface area (Å²) in [5, 5.41) is 3.20. The maximum absolute atomic E-state index is 12.7. The molecule has 128 valence electrons. The van der Waals surface area contributed by atoms with Gasteiger partial charge in [-0.05, 0) is 37.8 Å². The molecular weight excluding hydrogens is 304 g/mol. The molecule has 4 rings (SSSR count). The molecule has 1 saturated heterocycles. The normalized spacial score (nSPS) is 23.8. The number of hydrogen-bond donors (Lipinski definition) is 1. The van der Waals surface area contributed by atoms with Gasteiger partial charge in [0.25, 0.3) is 5.91 Å². The highest BCUT2D eigenvalue weighted by molar-refractivity contribution is 5.95. The number of rotatable bonds is 5. The van der Waals surface area contributed by atoms with Crippen molar-refractivity contribution in [2.75, 3.05) is 20.2 Å². The van der Waals surface area contributed by atoms with Crippen molar-refractivity contribution in [3.8, 4) is 0 Å². The molecule has 1 N–H and O–H groups in total. The zero-order valence-corrected chi connectivity index (χ0v) is 14.1. The largest absolute Gasteiger partial charge is 0.376 e. The van der Waals surface area contributed by atoms with E-state index in [4.69, 9.17) is 4.74 Å². The van der Waals surface area contributed by atoms with Crippen LogP contribution in [0.3, 0.4) is 0 Å². The quantitative estimate of drug-likeness (QED) is 0.899. The first-order chi connectivity index (χ1) is 11.6. The summed E-state index contributed by atoms with van der Waals surface area (Å²) >= 11 is 0. The van der Waals surface area contributed by atoms with Gasteiger partial charge in [-0.15, -0.1) is 0 Å². The van der Waals surface area contributed by atoms with E-state index in [0.29, 0.717) is 18.7 Å². The molecule has 2 amide bonds. The number of amides is 2. The maximum atomic E-state index is 12.7. The summed E-state index contributed by atoms with van der Waals surface area (Å²) in [6.07, 6.45) is 5.04. The lowest BCUT2D eigenvalue weighted by molar-refractivity contribution is -0.155. The van der Waals surface area contributed by atoms with E-state index in [2.05, 4.69) is 5.32 Å². The molecule has 5 nitrogen and oxygen atoms in total. The van der Waals surface area contributed by atoms with Crippen molar-refractivity contribution in [2.45, 2.75) is 43.2 Å². The average molecular weight is 328 g/mol. The molecule has 0 radical (unpaired) electrons. The molecule has 1 aromatic carbocycles. The first kappa shape index (κ1) is 15.6. The summed E-state index contributed by atoms with van der Waals surface area (Å²) in [6.45, 7) is 1.13. The summed E-state index contributed by atoms with van der Waals surface area (Å²) in [5.41, 5.74) is -0.116. The molecule has 0 atom stereocenters. The van der Waals surface area contributed by atoms with Crippen molar-refractivity contribution in [2.24, 2.45) is 5.92 Å². The summed E-state index contributed by atoms with van der Waals surface area (Å²) in [7, 11) is 1.71. The van der Waals surface area contributed by atoms with Crippen LogP contribution in [0.1, 0.15) is 42.5 Å². The lowest BCUT2D eigenvalue weighted by atomic mass is 9.77. The number of benzene rings is 1. The van der Waals surface area contributed by atoms with Crippen molar-refractivity contribution < 1.29 is 14.3 Å². The highest BCUT2D eigenvalue weighted by Crippen LogP contribution is 2.52. The Labute approximate surface area is 142 Å². The first-order valence-electron chi connectivity index (χ1n) is 8.81. The van der Waals surface area contributed by atoms with Gasteiger partial charge in [-0.2, -0.15) is 0 Å². The van der Waals surface area contributed by atoms with Gasteiger partial charge in [-0.3, -0.25) is 9.59 Å². The van der Waals surface area contributed by atoms with Crippen molar-refractivity contribution in [1.29, 1.82) is 0 Å². The second-order valence-electron chi connectivity index (χ2n) is 7.42. The van der Waals surface area contributed by atoms with Crippen molar-refractivity contribution in [3.05, 3.63) is 35.9 Å². The second-order valence-corrected chi connectivity index (χ2v) is 7.42. The Kier molecular flexibility index (Phi) is 3.64. The molecule has 2 aliphatic carbocycles. The number of carbonyl (C=O) groups is 2. The molecule has 5 heteroatoms. The topological polar surface area (TPSA) is 58.6 Å². The fourth-order valence-corrected chi connectivity index (χ4v) is 4.03. The van der Waals surface area contributed by atoms with Crippen LogP contribution in [-0.2, 0) is 9.53 Å². The minimum absolute atomic E-state index is 0.0883. The SMILES string of the molecule is COC1(C2(NC(=O)c3ccccc3)CN(C(=O)C3CCC3)C2)CC1. The minimum atomic E-state index is -0.450. The van der Waals surface area contributed by atoms with Crippen LogP contribution >= 0.6 is 0 Å². The van der Waals surface area contributed by atoms with Gasteiger partial charge >= 0.3 is 0 Å². The summed E-state index contributed by atoms with van der Waals surface area (Å²) < 4.78 is 5.77. The summed E-state index contributed by atoms with van der Waals surface area (Å²) in [6, 6.07) is 9.24. The van der Waals surface area contributed by atoms with Gasteiger partial charge in [0.05, 0.1) is 5.60 Å². The zero-order valence-electron chi connectivity index (χ0n) is 14.1. The Morgan fingerprint density at radius 2 is 1.83 bits per heavy atom. The Balaban J connectivity index is 1.49. The van der Waals surface area contributed by atoms with E-state index >= 15 is 0 Å². The van der Waals surface area contributed by atoms with Crippen LogP contribution in [-0.4, -0.2) is 48.1 Å². The highest BCUT2D eigenvalue weighted by Gasteiger charge is 2.67. The van der Waals surface area contributed by atoms with Crippen LogP contribution in [0.25, 0.3) is 0 Å². The molecule has 0 bridgehead atoms. The molecule has 3 aliphatic rings. The Morgan fingerprint density at radius 3 is 2.33 bits per heavy atom. The van der Waals surface area contributed by atoms with E-state index in [1.54, 1.807) is 7.11 Å². The van der Waals surface area contributed by atoms with Gasteiger partial charge in [-0.25, -0.2) is 0 Å². The standard InChI is InChI=1S/C19H24N2O3/c1-24-19(10-11-19)18(20-16(22)14-6-3-2-4-7-14)12-21(13-18)17(23)15-8-5-9-15/h2-4,6-7,15H,5,8-13H2,1H3,(H,20,22). The van der Waals surface area contributed by atoms with Gasteiger partial charge in [0, 0.05) is 31.7 Å². The molecule has 24 heavy (non-hydrogen) atoms.